The number of likely N-dealkylation sites (tertiary alicyclic amines) is 1. The van der Waals surface area contributed by atoms with Crippen molar-refractivity contribution >= 4 is 41.3 Å². The Kier molecular flexibility index (Phi) is 11.8. The molecule has 4 atom stereocenters. The summed E-state index contributed by atoms with van der Waals surface area (Å²) in [5, 5.41) is 14.8. The first-order valence-electron chi connectivity index (χ1n) is 16.7. The molecule has 0 aromatic heterocycles. The van der Waals surface area contributed by atoms with Crippen LogP contribution < -0.4 is 10.6 Å². The quantitative estimate of drug-likeness (QED) is 0.119. The maximum absolute atomic E-state index is 13.1. The molecule has 0 saturated carbocycles. The Bertz CT molecular complexity index is 1820. The topological polar surface area (TPSA) is 144 Å². The van der Waals surface area contributed by atoms with Gasteiger partial charge in [-0.05, 0) is 46.5 Å². The van der Waals surface area contributed by atoms with Crippen LogP contribution in [0.2, 0.25) is 0 Å². The molecule has 51 heavy (non-hydrogen) atoms. The van der Waals surface area contributed by atoms with E-state index in [1.165, 1.54) is 6.92 Å². The van der Waals surface area contributed by atoms with E-state index < -0.39 is 24.3 Å². The van der Waals surface area contributed by atoms with Gasteiger partial charge in [0.2, 0.25) is 11.8 Å². The van der Waals surface area contributed by atoms with Crippen molar-refractivity contribution in [2.45, 2.75) is 69.0 Å². The van der Waals surface area contributed by atoms with Gasteiger partial charge in [-0.25, -0.2) is 4.79 Å². The van der Waals surface area contributed by atoms with E-state index in [0.717, 1.165) is 43.3 Å². The predicted molar refractivity (Wildman–Crippen MR) is 190 cm³/mol. The SMILES string of the molecule is CC(=O)Nc1ccc(SCC2CC(c3ccc(CO)cc3)OC(c3ccc(CN4C(=O)CC(NC(=O)OCc5ccccc5)C4=O)cc3)O2)cc1. The Morgan fingerprint density at radius 2 is 1.55 bits per heavy atom. The zero-order valence-electron chi connectivity index (χ0n) is 28.0. The summed E-state index contributed by atoms with van der Waals surface area (Å²) in [5.74, 6) is -0.325. The van der Waals surface area contributed by atoms with Gasteiger partial charge in [0.15, 0.2) is 6.29 Å². The zero-order chi connectivity index (χ0) is 35.7. The fourth-order valence-electron chi connectivity index (χ4n) is 5.88. The van der Waals surface area contributed by atoms with Crippen molar-refractivity contribution in [2.24, 2.45) is 0 Å². The summed E-state index contributed by atoms with van der Waals surface area (Å²) < 4.78 is 18.2. The van der Waals surface area contributed by atoms with Gasteiger partial charge in [0.05, 0.1) is 31.8 Å². The number of amides is 4. The first kappa shape index (κ1) is 35.8. The highest BCUT2D eigenvalue weighted by Gasteiger charge is 2.40. The molecule has 2 heterocycles. The molecule has 0 bridgehead atoms. The van der Waals surface area contributed by atoms with E-state index in [1.807, 2.05) is 103 Å². The largest absolute Gasteiger partial charge is 0.445 e. The average Bonchev–Trinajstić information content (AvgIpc) is 3.41. The van der Waals surface area contributed by atoms with E-state index in [9.17, 15) is 24.3 Å². The van der Waals surface area contributed by atoms with Gasteiger partial charge < -0.3 is 30.0 Å². The third-order valence-corrected chi connectivity index (χ3v) is 9.71. The second-order valence-corrected chi connectivity index (χ2v) is 13.5. The molecular weight excluding hydrogens is 671 g/mol. The van der Waals surface area contributed by atoms with Gasteiger partial charge in [0.25, 0.3) is 5.91 Å². The fraction of sp³-hybridized carbons (Fsp3) is 0.282. The second kappa shape index (κ2) is 16.8. The number of hydrogen-bond acceptors (Lipinski definition) is 9. The number of nitrogens with one attached hydrogen (secondary N) is 2. The van der Waals surface area contributed by atoms with Gasteiger partial charge in [-0.1, -0.05) is 78.9 Å². The van der Waals surface area contributed by atoms with Crippen LogP contribution in [0.3, 0.4) is 0 Å². The lowest BCUT2D eigenvalue weighted by Gasteiger charge is -2.36. The monoisotopic (exact) mass is 709 g/mol. The van der Waals surface area contributed by atoms with E-state index in [2.05, 4.69) is 10.6 Å². The van der Waals surface area contributed by atoms with E-state index in [-0.39, 0.29) is 50.2 Å². The molecule has 0 spiro atoms. The van der Waals surface area contributed by atoms with Crippen molar-refractivity contribution in [1.29, 1.82) is 0 Å². The predicted octanol–water partition coefficient (Wildman–Crippen LogP) is 6.03. The third-order valence-electron chi connectivity index (χ3n) is 8.57. The number of ether oxygens (including phenoxy) is 3. The lowest BCUT2D eigenvalue weighted by Crippen LogP contribution is -2.41. The molecule has 11 nitrogen and oxygen atoms in total. The number of benzene rings is 4. The van der Waals surface area contributed by atoms with E-state index in [4.69, 9.17) is 14.2 Å². The van der Waals surface area contributed by atoms with Crippen LogP contribution in [-0.2, 0) is 48.4 Å². The van der Waals surface area contributed by atoms with Gasteiger partial charge in [-0.2, -0.15) is 0 Å². The van der Waals surface area contributed by atoms with Gasteiger partial charge in [-0.3, -0.25) is 19.3 Å². The molecular formula is C39H39N3O8S. The summed E-state index contributed by atoms with van der Waals surface area (Å²) in [6, 6.07) is 30.9. The van der Waals surface area contributed by atoms with Crippen LogP contribution in [0.15, 0.2) is 108 Å². The van der Waals surface area contributed by atoms with Crippen molar-refractivity contribution in [1.82, 2.24) is 10.2 Å². The number of aliphatic hydroxyl groups excluding tert-OH is 1. The summed E-state index contributed by atoms with van der Waals surface area (Å²) in [7, 11) is 0. The first-order valence-corrected chi connectivity index (χ1v) is 17.6. The van der Waals surface area contributed by atoms with Crippen LogP contribution in [-0.4, -0.2) is 51.7 Å². The molecule has 2 fully saturated rings. The minimum absolute atomic E-state index is 0.0447. The lowest BCUT2D eigenvalue weighted by atomic mass is 10.0. The molecule has 4 aromatic rings. The molecule has 2 aliphatic heterocycles. The van der Waals surface area contributed by atoms with Gasteiger partial charge in [0.1, 0.15) is 12.6 Å². The van der Waals surface area contributed by atoms with Crippen molar-refractivity contribution in [3.63, 3.8) is 0 Å². The standard InChI is InChI=1S/C39H39N3O8S/c1-25(44)40-31-15-17-33(18-16-31)51-24-32-19-35(29-11-9-27(22-43)10-12-29)50-38(49-32)30-13-7-26(8-14-30)21-42-36(45)20-34(37(42)46)41-39(47)48-23-28-5-3-2-4-6-28/h2-18,32,34-35,38,43H,19-24H2,1H3,(H,40,44)(H,41,47). The molecule has 264 valence electrons. The zero-order valence-corrected chi connectivity index (χ0v) is 28.8. The summed E-state index contributed by atoms with van der Waals surface area (Å²) >= 11 is 1.65. The van der Waals surface area contributed by atoms with E-state index in [1.54, 1.807) is 11.8 Å². The van der Waals surface area contributed by atoms with Crippen molar-refractivity contribution < 1.29 is 38.5 Å². The highest BCUT2D eigenvalue weighted by atomic mass is 32.2. The normalized spacial score (nSPS) is 20.2. The molecule has 2 aliphatic rings. The van der Waals surface area contributed by atoms with Crippen LogP contribution in [0.5, 0.6) is 0 Å². The second-order valence-electron chi connectivity index (χ2n) is 12.4. The summed E-state index contributed by atoms with van der Waals surface area (Å²) in [6.07, 6.45) is -1.36. The number of nitrogens with zero attached hydrogens (tertiary/aromatic N) is 1. The molecule has 0 radical (unpaired) electrons. The average molecular weight is 710 g/mol. The molecule has 6 rings (SSSR count). The number of hydrogen-bond donors (Lipinski definition) is 3. The Hall–Kier alpha value is -5.01. The maximum Gasteiger partial charge on any atom is 0.408 e. The Morgan fingerprint density at radius 3 is 2.24 bits per heavy atom. The number of carbonyl (C=O) groups is 4. The number of imide groups is 1. The van der Waals surface area contributed by atoms with Gasteiger partial charge in [0, 0.05) is 35.2 Å². The number of anilines is 1. The van der Waals surface area contributed by atoms with Crippen LogP contribution in [0.1, 0.15) is 60.0 Å². The van der Waals surface area contributed by atoms with Crippen LogP contribution in [0.25, 0.3) is 0 Å². The van der Waals surface area contributed by atoms with E-state index >= 15 is 0 Å². The van der Waals surface area contributed by atoms with Crippen LogP contribution in [0, 0.1) is 0 Å². The molecule has 4 unspecified atom stereocenters. The lowest BCUT2D eigenvalue weighted by molar-refractivity contribution is -0.245. The minimum Gasteiger partial charge on any atom is -0.445 e. The number of carbonyl (C=O) groups excluding carboxylic acids is 4. The molecule has 2 saturated heterocycles. The number of aliphatic hydroxyl groups is 1. The molecule has 4 amide bonds. The smallest absolute Gasteiger partial charge is 0.408 e. The van der Waals surface area contributed by atoms with Crippen molar-refractivity contribution in [3.8, 4) is 0 Å². The minimum atomic E-state index is -0.989. The van der Waals surface area contributed by atoms with E-state index in [0.29, 0.717) is 12.2 Å². The number of rotatable bonds is 12. The molecule has 12 heteroatoms. The third kappa shape index (κ3) is 9.62. The fourth-order valence-corrected chi connectivity index (χ4v) is 6.80. The van der Waals surface area contributed by atoms with Gasteiger partial charge in [-0.15, -0.1) is 11.8 Å². The summed E-state index contributed by atoms with van der Waals surface area (Å²) in [5.41, 5.74) is 4.85. The summed E-state index contributed by atoms with van der Waals surface area (Å²) in [6.45, 7) is 1.54. The van der Waals surface area contributed by atoms with Crippen molar-refractivity contribution in [3.05, 3.63) is 131 Å². The molecule has 0 aliphatic carbocycles. The van der Waals surface area contributed by atoms with Crippen molar-refractivity contribution in [2.75, 3.05) is 11.1 Å². The molecule has 4 aromatic carbocycles. The van der Waals surface area contributed by atoms with Crippen LogP contribution in [0.4, 0.5) is 10.5 Å². The summed E-state index contributed by atoms with van der Waals surface area (Å²) in [4.78, 5) is 51.8. The highest BCUT2D eigenvalue weighted by molar-refractivity contribution is 7.99. The van der Waals surface area contributed by atoms with Gasteiger partial charge >= 0.3 is 6.09 Å². The number of alkyl carbamates (subject to hydrolysis) is 1. The Labute approximate surface area is 300 Å². The maximum atomic E-state index is 13.1. The van der Waals surface area contributed by atoms with Crippen LogP contribution >= 0.6 is 11.8 Å². The first-order chi connectivity index (χ1) is 24.7. The molecule has 3 N–H and O–H groups in total. The Morgan fingerprint density at radius 1 is 0.863 bits per heavy atom. The Balaban J connectivity index is 1.08. The highest BCUT2D eigenvalue weighted by Crippen LogP contribution is 2.39. The number of thioether (sulfide) groups is 1.